The molecule has 0 saturated heterocycles. The van der Waals surface area contributed by atoms with Crippen LogP contribution in [0.4, 0.5) is 10.1 Å². The summed E-state index contributed by atoms with van der Waals surface area (Å²) >= 11 is 17.7. The third-order valence-electron chi connectivity index (χ3n) is 3.73. The Morgan fingerprint density at radius 2 is 1.50 bits per heavy atom. The van der Waals surface area contributed by atoms with Gasteiger partial charge in [-0.15, -0.1) is 0 Å². The Labute approximate surface area is 166 Å². The quantitative estimate of drug-likeness (QED) is 0.473. The van der Waals surface area contributed by atoms with E-state index < -0.39 is 5.82 Å². The van der Waals surface area contributed by atoms with Gasteiger partial charge in [-0.25, -0.2) is 4.39 Å². The molecular formula is C20H15Cl3FNO. The summed E-state index contributed by atoms with van der Waals surface area (Å²) in [5.74, 6) is 0.324. The molecule has 3 aromatic carbocycles. The molecule has 3 aromatic rings. The Morgan fingerprint density at radius 3 is 2.19 bits per heavy atom. The van der Waals surface area contributed by atoms with Gasteiger partial charge in [-0.05, 0) is 53.6 Å². The van der Waals surface area contributed by atoms with E-state index in [9.17, 15) is 4.39 Å². The van der Waals surface area contributed by atoms with Crippen molar-refractivity contribution in [3.63, 3.8) is 0 Å². The predicted molar refractivity (Wildman–Crippen MR) is 106 cm³/mol. The van der Waals surface area contributed by atoms with Gasteiger partial charge in [0, 0.05) is 12.2 Å². The van der Waals surface area contributed by atoms with Crippen molar-refractivity contribution in [2.24, 2.45) is 0 Å². The minimum absolute atomic E-state index is 0.0982. The molecule has 2 nitrogen and oxygen atoms in total. The molecule has 1 N–H and O–H groups in total. The zero-order chi connectivity index (χ0) is 18.5. The van der Waals surface area contributed by atoms with Crippen molar-refractivity contribution in [2.75, 3.05) is 5.32 Å². The highest BCUT2D eigenvalue weighted by Crippen LogP contribution is 2.24. The summed E-state index contributed by atoms with van der Waals surface area (Å²) in [5.41, 5.74) is 2.77. The van der Waals surface area contributed by atoms with Gasteiger partial charge >= 0.3 is 0 Å². The molecule has 0 bridgehead atoms. The number of hydrogen-bond donors (Lipinski definition) is 1. The fraction of sp³-hybridized carbons (Fsp3) is 0.100. The number of hydrogen-bond acceptors (Lipinski definition) is 2. The number of nitrogens with one attached hydrogen (secondary N) is 1. The van der Waals surface area contributed by atoms with Crippen LogP contribution in [0.25, 0.3) is 0 Å². The second kappa shape index (κ2) is 8.63. The summed E-state index contributed by atoms with van der Waals surface area (Å²) < 4.78 is 18.9. The van der Waals surface area contributed by atoms with Crippen LogP contribution in [0.2, 0.25) is 15.1 Å². The highest BCUT2D eigenvalue weighted by Gasteiger charge is 2.03. The van der Waals surface area contributed by atoms with Crippen molar-refractivity contribution in [2.45, 2.75) is 13.2 Å². The molecule has 0 saturated carbocycles. The van der Waals surface area contributed by atoms with Crippen molar-refractivity contribution in [1.29, 1.82) is 0 Å². The Bertz CT molecular complexity index is 826. The molecule has 0 radical (unpaired) electrons. The van der Waals surface area contributed by atoms with E-state index in [2.05, 4.69) is 5.32 Å². The van der Waals surface area contributed by atoms with Crippen LogP contribution in [-0.2, 0) is 13.2 Å². The largest absolute Gasteiger partial charge is 0.489 e. The third-order valence-corrected chi connectivity index (χ3v) is 4.76. The zero-order valence-corrected chi connectivity index (χ0v) is 15.9. The van der Waals surface area contributed by atoms with Crippen LogP contribution in [0.1, 0.15) is 11.1 Å². The molecule has 134 valence electrons. The van der Waals surface area contributed by atoms with Gasteiger partial charge in [0.15, 0.2) is 0 Å². The normalized spacial score (nSPS) is 10.6. The predicted octanol–water partition coefficient (Wildman–Crippen LogP) is 6.98. The Morgan fingerprint density at radius 1 is 0.769 bits per heavy atom. The first-order valence-electron chi connectivity index (χ1n) is 7.86. The van der Waals surface area contributed by atoms with Gasteiger partial charge in [0.1, 0.15) is 18.2 Å². The van der Waals surface area contributed by atoms with Crippen LogP contribution >= 0.6 is 34.8 Å². The van der Waals surface area contributed by atoms with Gasteiger partial charge in [0.25, 0.3) is 0 Å². The van der Waals surface area contributed by atoms with Crippen LogP contribution in [0.15, 0.2) is 60.7 Å². The summed E-state index contributed by atoms with van der Waals surface area (Å²) in [6.07, 6.45) is 0. The lowest BCUT2D eigenvalue weighted by atomic mass is 10.2. The van der Waals surface area contributed by atoms with Crippen LogP contribution in [0.3, 0.4) is 0 Å². The van der Waals surface area contributed by atoms with E-state index in [-0.39, 0.29) is 5.02 Å². The fourth-order valence-electron chi connectivity index (χ4n) is 2.31. The van der Waals surface area contributed by atoms with Gasteiger partial charge in [-0.3, -0.25) is 0 Å². The summed E-state index contributed by atoms with van der Waals surface area (Å²) in [5, 5.41) is 4.33. The minimum atomic E-state index is -0.430. The SMILES string of the molecule is Fc1ccc(NCc2ccc(OCc3ccc(Cl)c(Cl)c3)cc2)cc1Cl. The van der Waals surface area contributed by atoms with Gasteiger partial charge in [0.2, 0.25) is 0 Å². The number of ether oxygens (including phenoxy) is 1. The maximum Gasteiger partial charge on any atom is 0.141 e. The lowest BCUT2D eigenvalue weighted by molar-refractivity contribution is 0.306. The van der Waals surface area contributed by atoms with Crippen molar-refractivity contribution in [1.82, 2.24) is 0 Å². The summed E-state index contributed by atoms with van der Waals surface area (Å²) in [6, 6.07) is 17.7. The lowest BCUT2D eigenvalue weighted by Gasteiger charge is -2.10. The van der Waals surface area contributed by atoms with E-state index in [0.717, 1.165) is 22.6 Å². The Balaban J connectivity index is 1.54. The number of halogens is 4. The molecule has 6 heteroatoms. The van der Waals surface area contributed by atoms with Crippen LogP contribution in [0, 0.1) is 5.82 Å². The second-order valence-electron chi connectivity index (χ2n) is 5.66. The van der Waals surface area contributed by atoms with Crippen molar-refractivity contribution >= 4 is 40.5 Å². The summed E-state index contributed by atoms with van der Waals surface area (Å²) in [4.78, 5) is 0. The molecule has 0 fully saturated rings. The molecule has 0 aliphatic heterocycles. The number of rotatable bonds is 6. The standard InChI is InChI=1S/C20H15Cl3FNO/c21-17-7-3-14(9-18(17)22)12-26-16-5-1-13(2-6-16)11-25-15-4-8-20(24)19(23)10-15/h1-10,25H,11-12H2. The van der Waals surface area contributed by atoms with Gasteiger partial charge < -0.3 is 10.1 Å². The smallest absolute Gasteiger partial charge is 0.141 e. The third kappa shape index (κ3) is 5.04. The monoisotopic (exact) mass is 409 g/mol. The molecule has 0 atom stereocenters. The van der Waals surface area contributed by atoms with E-state index in [1.165, 1.54) is 6.07 Å². The summed E-state index contributed by atoms with van der Waals surface area (Å²) in [7, 11) is 0. The van der Waals surface area contributed by atoms with E-state index in [1.807, 2.05) is 30.3 Å². The molecule has 0 spiro atoms. The topological polar surface area (TPSA) is 21.3 Å². The molecule has 0 aliphatic carbocycles. The second-order valence-corrected chi connectivity index (χ2v) is 6.89. The van der Waals surface area contributed by atoms with Crippen molar-refractivity contribution in [3.05, 3.63) is 92.7 Å². The number of benzene rings is 3. The number of anilines is 1. The van der Waals surface area contributed by atoms with E-state index in [0.29, 0.717) is 23.2 Å². The van der Waals surface area contributed by atoms with E-state index in [1.54, 1.807) is 24.3 Å². The molecular weight excluding hydrogens is 396 g/mol. The first-order valence-corrected chi connectivity index (χ1v) is 8.99. The molecule has 26 heavy (non-hydrogen) atoms. The maximum absolute atomic E-state index is 13.2. The average molecular weight is 411 g/mol. The molecule has 0 heterocycles. The van der Waals surface area contributed by atoms with E-state index in [4.69, 9.17) is 39.5 Å². The Kier molecular flexibility index (Phi) is 6.25. The van der Waals surface area contributed by atoms with Crippen molar-refractivity contribution in [3.8, 4) is 5.75 Å². The molecule has 0 unspecified atom stereocenters. The first-order chi connectivity index (χ1) is 12.5. The molecule has 3 rings (SSSR count). The first kappa shape index (κ1) is 18.8. The van der Waals surface area contributed by atoms with Crippen molar-refractivity contribution < 1.29 is 9.13 Å². The van der Waals surface area contributed by atoms with Gasteiger partial charge in [-0.2, -0.15) is 0 Å². The minimum Gasteiger partial charge on any atom is -0.489 e. The summed E-state index contributed by atoms with van der Waals surface area (Å²) in [6.45, 7) is 0.998. The van der Waals surface area contributed by atoms with Crippen LogP contribution in [-0.4, -0.2) is 0 Å². The van der Waals surface area contributed by atoms with E-state index >= 15 is 0 Å². The molecule has 0 aromatic heterocycles. The lowest BCUT2D eigenvalue weighted by Crippen LogP contribution is -2.00. The average Bonchev–Trinajstić information content (AvgIpc) is 2.64. The van der Waals surface area contributed by atoms with Crippen LogP contribution in [0.5, 0.6) is 5.75 Å². The highest BCUT2D eigenvalue weighted by atomic mass is 35.5. The van der Waals surface area contributed by atoms with Gasteiger partial charge in [0.05, 0.1) is 15.1 Å². The van der Waals surface area contributed by atoms with Crippen LogP contribution < -0.4 is 10.1 Å². The fourth-order valence-corrected chi connectivity index (χ4v) is 2.81. The molecule has 0 amide bonds. The molecule has 0 aliphatic rings. The zero-order valence-electron chi connectivity index (χ0n) is 13.6. The highest BCUT2D eigenvalue weighted by molar-refractivity contribution is 6.42. The Hall–Kier alpha value is -1.94. The maximum atomic E-state index is 13.2. The van der Waals surface area contributed by atoms with Gasteiger partial charge in [-0.1, -0.05) is 53.0 Å².